The topological polar surface area (TPSA) is 110 Å². The van der Waals surface area contributed by atoms with E-state index in [1.807, 2.05) is 0 Å². The van der Waals surface area contributed by atoms with E-state index in [0.29, 0.717) is 0 Å². The second-order valence-electron chi connectivity index (χ2n) is 2.29. The van der Waals surface area contributed by atoms with Crippen LogP contribution in [-0.2, 0) is 9.53 Å². The summed E-state index contributed by atoms with van der Waals surface area (Å²) in [6, 6.07) is 0. The summed E-state index contributed by atoms with van der Waals surface area (Å²) in [5.74, 6) is -3.25. The average Bonchev–Trinajstić information content (AvgIpc) is 2.32. The molecule has 2 atom stereocenters. The zero-order valence-corrected chi connectivity index (χ0v) is 5.93. The number of rotatable bonds is 2. The van der Waals surface area contributed by atoms with Gasteiger partial charge in [-0.25, -0.2) is 4.79 Å². The maximum absolute atomic E-state index is 10.6. The molecule has 0 aliphatic carbocycles. The van der Waals surface area contributed by atoms with Crippen molar-refractivity contribution in [1.29, 1.82) is 0 Å². The zero-order valence-electron chi connectivity index (χ0n) is 7.93. The van der Waals surface area contributed by atoms with E-state index < -0.39 is 36.3 Å². The predicted molar refractivity (Wildman–Crippen MR) is 61.8 cm³/mol. The molecule has 0 spiro atoms. The molecular formula is C10H25O6+. The lowest BCUT2D eigenvalue weighted by Crippen LogP contribution is -2.31. The molecule has 1 aliphatic heterocycles. The maximum Gasteiger partial charge on any atom is 1.00 e. The molecule has 16 heavy (non-hydrogen) atoms. The number of hydrogen-bond donors (Lipinski definition) is 3. The Morgan fingerprint density at radius 1 is 1.38 bits per heavy atom. The number of ether oxygens (including phenoxy) is 1. The fraction of sp³-hybridized carbons (Fsp3) is 0.700. The number of carbonyl (C=O) groups is 1. The Balaban J connectivity index is -0.0000000600. The monoisotopic (exact) mass is 241 g/mol. The van der Waals surface area contributed by atoms with Gasteiger partial charge >= 0.3 is 8.82 Å². The molecule has 1 heterocycles. The molecule has 0 aromatic rings. The largest absolute Gasteiger partial charge is 1.00 e. The van der Waals surface area contributed by atoms with Gasteiger partial charge in [0, 0.05) is 5.76 Å². The summed E-state index contributed by atoms with van der Waals surface area (Å²) in [5, 5.41) is 36.8. The minimum Gasteiger partial charge on any atom is -0.865 e. The summed E-state index contributed by atoms with van der Waals surface area (Å²) in [6.07, 6.45) is -2.88. The Kier molecular flexibility index (Phi) is 13.6. The summed E-state index contributed by atoms with van der Waals surface area (Å²) in [6.45, 7) is -0.699. The summed E-state index contributed by atoms with van der Waals surface area (Å²) in [4.78, 5) is 10.5. The minimum atomic E-state index is -1.46. The molecule has 0 radical (unpaired) electrons. The van der Waals surface area contributed by atoms with Crippen LogP contribution in [0, 0.1) is 0 Å². The van der Waals surface area contributed by atoms with E-state index in [2.05, 4.69) is 4.74 Å². The van der Waals surface area contributed by atoms with Gasteiger partial charge < -0.3 is 25.2 Å². The third kappa shape index (κ3) is 4.08. The Morgan fingerprint density at radius 3 is 2.06 bits per heavy atom. The van der Waals surface area contributed by atoms with Crippen molar-refractivity contribution < 1.29 is 32.8 Å². The van der Waals surface area contributed by atoms with Crippen molar-refractivity contribution in [2.45, 2.75) is 41.9 Å². The predicted octanol–water partition coefficient (Wildman–Crippen LogP) is 0.164. The Labute approximate surface area is 99.8 Å². The molecule has 0 amide bonds. The van der Waals surface area contributed by atoms with E-state index >= 15 is 0 Å². The number of cyclic esters (lactones) is 1. The van der Waals surface area contributed by atoms with Crippen molar-refractivity contribution >= 4 is 5.97 Å². The standard InChI is InChI=1S/C6H8O6.4CH4/c7-1-2(8)5-3(9)4(10)6(11)12-5;;;;/h2,5,7-10H,1H2;4*1H4/p+1. The summed E-state index contributed by atoms with van der Waals surface area (Å²) in [7, 11) is 0. The van der Waals surface area contributed by atoms with E-state index in [0.717, 1.165) is 0 Å². The minimum absolute atomic E-state index is 0. The van der Waals surface area contributed by atoms with Crippen molar-refractivity contribution in [3.8, 4) is 0 Å². The lowest BCUT2D eigenvalue weighted by atomic mass is 10.2. The van der Waals surface area contributed by atoms with Gasteiger partial charge in [0.15, 0.2) is 6.10 Å². The van der Waals surface area contributed by atoms with Gasteiger partial charge in [-0.3, -0.25) is 0 Å². The van der Waals surface area contributed by atoms with Gasteiger partial charge in [-0.15, -0.1) is 0 Å². The molecule has 1 aliphatic rings. The molecule has 0 saturated carbocycles. The molecule has 6 heteroatoms. The first-order valence-corrected chi connectivity index (χ1v) is 3.18. The maximum atomic E-state index is 10.6. The number of esters is 1. The van der Waals surface area contributed by atoms with E-state index in [9.17, 15) is 9.90 Å². The summed E-state index contributed by atoms with van der Waals surface area (Å²) < 4.78 is 4.25. The van der Waals surface area contributed by atoms with Crippen LogP contribution in [0.2, 0.25) is 0 Å². The molecule has 3 N–H and O–H groups in total. The fourth-order valence-electron chi connectivity index (χ4n) is 0.815. The average molecular weight is 241 g/mol. The molecule has 100 valence electrons. The zero-order chi connectivity index (χ0) is 9.30. The SMILES string of the molecule is C.C.C.C.O=C1OC(C(O)CO)C(O)=C1[O-].[H+].[H+]. The molecule has 1 rings (SSSR count). The van der Waals surface area contributed by atoms with Crippen LogP contribution in [0.3, 0.4) is 0 Å². The van der Waals surface area contributed by atoms with E-state index in [1.54, 1.807) is 0 Å². The fourth-order valence-corrected chi connectivity index (χ4v) is 0.815. The van der Waals surface area contributed by atoms with Gasteiger partial charge in [0.05, 0.1) is 6.61 Å². The lowest BCUT2D eigenvalue weighted by Gasteiger charge is -2.14. The van der Waals surface area contributed by atoms with E-state index in [-0.39, 0.29) is 32.6 Å². The molecule has 0 aromatic heterocycles. The number of aliphatic hydroxyl groups is 3. The highest BCUT2D eigenvalue weighted by Gasteiger charge is 2.34. The highest BCUT2D eigenvalue weighted by molar-refractivity contribution is 5.88. The molecule has 0 aromatic carbocycles. The van der Waals surface area contributed by atoms with Gasteiger partial charge in [-0.05, 0) is 0 Å². The number of aliphatic hydroxyl groups excluding tert-OH is 3. The van der Waals surface area contributed by atoms with Crippen LogP contribution in [0.1, 0.15) is 32.6 Å². The van der Waals surface area contributed by atoms with Crippen molar-refractivity contribution in [3.05, 3.63) is 11.5 Å². The summed E-state index contributed by atoms with van der Waals surface area (Å²) in [5.41, 5.74) is 0. The molecule has 2 unspecified atom stereocenters. The highest BCUT2D eigenvalue weighted by Crippen LogP contribution is 2.19. The van der Waals surface area contributed by atoms with Crippen molar-refractivity contribution in [1.82, 2.24) is 0 Å². The van der Waals surface area contributed by atoms with Gasteiger partial charge in [0.2, 0.25) is 0 Å². The van der Waals surface area contributed by atoms with Crippen LogP contribution in [0.25, 0.3) is 0 Å². The van der Waals surface area contributed by atoms with Gasteiger partial charge in [0.25, 0.3) is 0 Å². The van der Waals surface area contributed by atoms with Crippen LogP contribution in [0.5, 0.6) is 0 Å². The summed E-state index contributed by atoms with van der Waals surface area (Å²) >= 11 is 0. The van der Waals surface area contributed by atoms with Crippen LogP contribution >= 0.6 is 0 Å². The van der Waals surface area contributed by atoms with Crippen molar-refractivity contribution in [3.63, 3.8) is 0 Å². The van der Waals surface area contributed by atoms with Crippen LogP contribution < -0.4 is 5.11 Å². The van der Waals surface area contributed by atoms with Gasteiger partial charge in [0.1, 0.15) is 11.9 Å². The third-order valence-electron chi connectivity index (χ3n) is 1.46. The molecule has 0 bridgehead atoms. The molecular weight excluding hydrogens is 216 g/mol. The number of hydrogen-bond acceptors (Lipinski definition) is 6. The highest BCUT2D eigenvalue weighted by atomic mass is 16.6. The van der Waals surface area contributed by atoms with Crippen LogP contribution in [0.15, 0.2) is 11.5 Å². The second kappa shape index (κ2) is 8.99. The van der Waals surface area contributed by atoms with Crippen molar-refractivity contribution in [2.24, 2.45) is 0 Å². The van der Waals surface area contributed by atoms with Crippen LogP contribution in [-0.4, -0.2) is 40.1 Å². The van der Waals surface area contributed by atoms with Crippen LogP contribution in [0.4, 0.5) is 0 Å². The Morgan fingerprint density at radius 2 is 1.81 bits per heavy atom. The van der Waals surface area contributed by atoms with E-state index in [1.165, 1.54) is 0 Å². The van der Waals surface area contributed by atoms with E-state index in [4.69, 9.17) is 15.3 Å². The molecule has 6 nitrogen and oxygen atoms in total. The van der Waals surface area contributed by atoms with Crippen molar-refractivity contribution in [2.75, 3.05) is 6.61 Å². The first-order valence-electron chi connectivity index (χ1n) is 3.18. The molecule has 0 saturated heterocycles. The Bertz CT molecular complexity index is 245. The van der Waals surface area contributed by atoms with Gasteiger partial charge in [-0.1, -0.05) is 29.7 Å². The number of carbonyl (C=O) groups excluding carboxylic acids is 1. The van der Waals surface area contributed by atoms with Gasteiger partial charge in [-0.2, -0.15) is 0 Å². The normalized spacial score (nSPS) is 19.4. The molecule has 0 fully saturated rings. The smallest absolute Gasteiger partial charge is 0.865 e. The quantitative estimate of drug-likeness (QED) is 0.594. The Hall–Kier alpha value is -1.27. The third-order valence-corrected chi connectivity index (χ3v) is 1.46. The lowest BCUT2D eigenvalue weighted by molar-refractivity contribution is -0.303. The first-order chi connectivity index (χ1) is 5.57. The first kappa shape index (κ1) is 24.1. The second-order valence-corrected chi connectivity index (χ2v) is 2.29.